The molecular formula is C14H18N2O. The summed E-state index contributed by atoms with van der Waals surface area (Å²) >= 11 is 0. The SMILES string of the molecule is CNCc1cc2c3c(c1)CCC(=O)N3CCC2. The van der Waals surface area contributed by atoms with Gasteiger partial charge in [-0.25, -0.2) is 0 Å². The number of amides is 1. The minimum atomic E-state index is 0.305. The number of benzene rings is 1. The van der Waals surface area contributed by atoms with Crippen LogP contribution in [0.2, 0.25) is 0 Å². The van der Waals surface area contributed by atoms with Crippen molar-refractivity contribution in [2.75, 3.05) is 18.5 Å². The summed E-state index contributed by atoms with van der Waals surface area (Å²) in [4.78, 5) is 13.9. The molecule has 90 valence electrons. The van der Waals surface area contributed by atoms with Crippen LogP contribution in [0.4, 0.5) is 5.69 Å². The Bertz CT molecular complexity index is 450. The van der Waals surface area contributed by atoms with Crippen LogP contribution in [0.5, 0.6) is 0 Å². The normalized spacial score (nSPS) is 18.2. The first kappa shape index (κ1) is 10.8. The van der Waals surface area contributed by atoms with Gasteiger partial charge in [0.2, 0.25) is 5.91 Å². The van der Waals surface area contributed by atoms with Gasteiger partial charge < -0.3 is 10.2 Å². The van der Waals surface area contributed by atoms with E-state index in [1.54, 1.807) is 0 Å². The van der Waals surface area contributed by atoms with E-state index in [0.717, 1.165) is 32.4 Å². The van der Waals surface area contributed by atoms with E-state index in [4.69, 9.17) is 0 Å². The molecule has 0 radical (unpaired) electrons. The van der Waals surface area contributed by atoms with Gasteiger partial charge in [0, 0.05) is 19.5 Å². The molecule has 2 aliphatic rings. The van der Waals surface area contributed by atoms with E-state index in [2.05, 4.69) is 17.4 Å². The summed E-state index contributed by atoms with van der Waals surface area (Å²) in [6.45, 7) is 1.82. The lowest BCUT2D eigenvalue weighted by Gasteiger charge is -2.35. The zero-order valence-corrected chi connectivity index (χ0v) is 10.3. The first-order chi connectivity index (χ1) is 8.29. The van der Waals surface area contributed by atoms with Crippen LogP contribution in [-0.2, 0) is 24.2 Å². The maximum Gasteiger partial charge on any atom is 0.227 e. The molecule has 0 bridgehead atoms. The number of anilines is 1. The van der Waals surface area contributed by atoms with Crippen molar-refractivity contribution in [3.8, 4) is 0 Å². The molecular weight excluding hydrogens is 212 g/mol. The molecule has 0 unspecified atom stereocenters. The van der Waals surface area contributed by atoms with E-state index in [0.29, 0.717) is 12.3 Å². The highest BCUT2D eigenvalue weighted by atomic mass is 16.2. The zero-order chi connectivity index (χ0) is 11.8. The highest BCUT2D eigenvalue weighted by molar-refractivity contribution is 5.97. The van der Waals surface area contributed by atoms with Crippen molar-refractivity contribution in [1.82, 2.24) is 5.32 Å². The van der Waals surface area contributed by atoms with Gasteiger partial charge in [0.25, 0.3) is 0 Å². The van der Waals surface area contributed by atoms with E-state index < -0.39 is 0 Å². The van der Waals surface area contributed by atoms with Crippen molar-refractivity contribution in [3.05, 3.63) is 28.8 Å². The molecule has 0 saturated heterocycles. The van der Waals surface area contributed by atoms with Crippen molar-refractivity contribution >= 4 is 11.6 Å². The van der Waals surface area contributed by atoms with Crippen LogP contribution < -0.4 is 10.2 Å². The van der Waals surface area contributed by atoms with Gasteiger partial charge in [-0.05, 0) is 43.0 Å². The maximum absolute atomic E-state index is 11.9. The molecule has 0 aliphatic carbocycles. The summed E-state index contributed by atoms with van der Waals surface area (Å²) in [5.41, 5.74) is 5.31. The summed E-state index contributed by atoms with van der Waals surface area (Å²) in [6.07, 6.45) is 3.80. The number of carbonyl (C=O) groups excluding carboxylic acids is 1. The minimum Gasteiger partial charge on any atom is -0.316 e. The Hall–Kier alpha value is -1.35. The lowest BCUT2D eigenvalue weighted by atomic mass is 9.90. The molecule has 3 nitrogen and oxygen atoms in total. The molecule has 0 atom stereocenters. The monoisotopic (exact) mass is 230 g/mol. The average molecular weight is 230 g/mol. The maximum atomic E-state index is 11.9. The second kappa shape index (κ2) is 4.15. The van der Waals surface area contributed by atoms with Gasteiger partial charge in [-0.1, -0.05) is 12.1 Å². The molecule has 1 aromatic rings. The van der Waals surface area contributed by atoms with Gasteiger partial charge >= 0.3 is 0 Å². The Morgan fingerprint density at radius 1 is 1.24 bits per heavy atom. The molecule has 17 heavy (non-hydrogen) atoms. The van der Waals surface area contributed by atoms with E-state index in [1.165, 1.54) is 22.4 Å². The fourth-order valence-electron chi connectivity index (χ4n) is 3.03. The molecule has 1 amide bonds. The molecule has 1 aromatic carbocycles. The van der Waals surface area contributed by atoms with Crippen LogP contribution in [0, 0.1) is 0 Å². The standard InChI is InChI=1S/C14H18N2O/c1-15-9-10-7-11-3-2-6-16-13(17)5-4-12(8-10)14(11)16/h7-8,15H,2-6,9H2,1H3. The van der Waals surface area contributed by atoms with Crippen LogP contribution in [0.1, 0.15) is 29.5 Å². The quantitative estimate of drug-likeness (QED) is 0.837. The Kier molecular flexibility index (Phi) is 2.63. The van der Waals surface area contributed by atoms with Crippen molar-refractivity contribution in [1.29, 1.82) is 0 Å². The summed E-state index contributed by atoms with van der Waals surface area (Å²) in [7, 11) is 1.97. The van der Waals surface area contributed by atoms with Crippen LogP contribution in [0.25, 0.3) is 0 Å². The fourth-order valence-corrected chi connectivity index (χ4v) is 3.03. The highest BCUT2D eigenvalue weighted by Gasteiger charge is 2.29. The Morgan fingerprint density at radius 2 is 2.00 bits per heavy atom. The van der Waals surface area contributed by atoms with Gasteiger partial charge in [-0.2, -0.15) is 0 Å². The molecule has 0 fully saturated rings. The topological polar surface area (TPSA) is 32.3 Å². The largest absolute Gasteiger partial charge is 0.316 e. The van der Waals surface area contributed by atoms with Crippen molar-refractivity contribution in [3.63, 3.8) is 0 Å². The molecule has 3 heteroatoms. The second-order valence-electron chi connectivity index (χ2n) is 4.94. The number of rotatable bonds is 2. The molecule has 2 heterocycles. The molecule has 2 aliphatic heterocycles. The minimum absolute atomic E-state index is 0.305. The third-order valence-corrected chi connectivity index (χ3v) is 3.72. The fraction of sp³-hybridized carbons (Fsp3) is 0.500. The lowest BCUT2D eigenvalue weighted by molar-refractivity contribution is -0.119. The number of nitrogens with one attached hydrogen (secondary N) is 1. The first-order valence-electron chi connectivity index (χ1n) is 6.39. The zero-order valence-electron chi connectivity index (χ0n) is 10.3. The Labute approximate surface area is 102 Å². The molecule has 0 aromatic heterocycles. The third-order valence-electron chi connectivity index (χ3n) is 3.72. The highest BCUT2D eigenvalue weighted by Crippen LogP contribution is 2.36. The summed E-state index contributed by atoms with van der Waals surface area (Å²) < 4.78 is 0. The number of carbonyl (C=O) groups is 1. The summed E-state index contributed by atoms with van der Waals surface area (Å²) in [6, 6.07) is 4.53. The van der Waals surface area contributed by atoms with Gasteiger partial charge in [0.15, 0.2) is 0 Å². The van der Waals surface area contributed by atoms with Crippen molar-refractivity contribution in [2.24, 2.45) is 0 Å². The van der Waals surface area contributed by atoms with Gasteiger partial charge in [0.05, 0.1) is 5.69 Å². The van der Waals surface area contributed by atoms with Gasteiger partial charge in [0.1, 0.15) is 0 Å². The van der Waals surface area contributed by atoms with Crippen LogP contribution in [-0.4, -0.2) is 19.5 Å². The van der Waals surface area contributed by atoms with Gasteiger partial charge in [-0.15, -0.1) is 0 Å². The lowest BCUT2D eigenvalue weighted by Crippen LogP contribution is -2.39. The molecule has 0 saturated carbocycles. The number of hydrogen-bond acceptors (Lipinski definition) is 2. The van der Waals surface area contributed by atoms with Crippen molar-refractivity contribution < 1.29 is 4.79 Å². The average Bonchev–Trinajstić information content (AvgIpc) is 2.34. The van der Waals surface area contributed by atoms with Crippen LogP contribution in [0.15, 0.2) is 12.1 Å². The first-order valence-corrected chi connectivity index (χ1v) is 6.39. The number of aryl methyl sites for hydroxylation is 2. The molecule has 0 spiro atoms. The van der Waals surface area contributed by atoms with E-state index in [9.17, 15) is 4.79 Å². The predicted molar refractivity (Wildman–Crippen MR) is 68.2 cm³/mol. The van der Waals surface area contributed by atoms with Gasteiger partial charge in [-0.3, -0.25) is 4.79 Å². The van der Waals surface area contributed by atoms with Crippen LogP contribution >= 0.6 is 0 Å². The van der Waals surface area contributed by atoms with E-state index in [-0.39, 0.29) is 0 Å². The molecule has 3 rings (SSSR count). The third kappa shape index (κ3) is 1.75. The predicted octanol–water partition coefficient (Wildman–Crippen LogP) is 1.63. The Balaban J connectivity index is 2.10. The van der Waals surface area contributed by atoms with Crippen molar-refractivity contribution in [2.45, 2.75) is 32.2 Å². The van der Waals surface area contributed by atoms with Crippen LogP contribution in [0.3, 0.4) is 0 Å². The second-order valence-corrected chi connectivity index (χ2v) is 4.94. The smallest absolute Gasteiger partial charge is 0.227 e. The van der Waals surface area contributed by atoms with E-state index >= 15 is 0 Å². The molecule has 1 N–H and O–H groups in total. The summed E-state index contributed by atoms with van der Waals surface area (Å²) in [5, 5.41) is 3.20. The number of nitrogens with zero attached hydrogens (tertiary/aromatic N) is 1. The summed E-state index contributed by atoms with van der Waals surface area (Å²) in [5.74, 6) is 0.305. The number of hydrogen-bond donors (Lipinski definition) is 1. The Morgan fingerprint density at radius 3 is 2.76 bits per heavy atom. The van der Waals surface area contributed by atoms with E-state index in [1.807, 2.05) is 11.9 Å².